The normalized spacial score (nSPS) is 13.7. The zero-order chi connectivity index (χ0) is 16.2. The van der Waals surface area contributed by atoms with Crippen LogP contribution in [0.2, 0.25) is 0 Å². The molecule has 1 aliphatic carbocycles. The van der Waals surface area contributed by atoms with Gasteiger partial charge in [-0.05, 0) is 43.5 Å². The van der Waals surface area contributed by atoms with Gasteiger partial charge in [0.05, 0.1) is 7.11 Å². The first-order valence-corrected chi connectivity index (χ1v) is 7.67. The largest absolute Gasteiger partial charge is 0.497 e. The zero-order valence-corrected chi connectivity index (χ0v) is 13.3. The van der Waals surface area contributed by atoms with Crippen LogP contribution in [-0.2, 0) is 6.42 Å². The maximum Gasteiger partial charge on any atom is 0.319 e. The highest BCUT2D eigenvalue weighted by Crippen LogP contribution is 2.38. The third-order valence-electron chi connectivity index (χ3n) is 3.73. The van der Waals surface area contributed by atoms with Crippen molar-refractivity contribution in [1.82, 2.24) is 15.5 Å². The predicted octanol–water partition coefficient (Wildman–Crippen LogP) is 2.63. The molecule has 23 heavy (non-hydrogen) atoms. The average Bonchev–Trinajstić information content (AvgIpc) is 3.29. The number of benzene rings is 1. The SMILES string of the molecule is COc1ccc(NC(=O)NCCc2noc(C3CC3)n2)c(C)c1. The molecular formula is C16H20N4O3. The monoisotopic (exact) mass is 316 g/mol. The van der Waals surface area contributed by atoms with Gasteiger partial charge in [0.25, 0.3) is 0 Å². The molecule has 1 aromatic carbocycles. The van der Waals surface area contributed by atoms with Crippen LogP contribution in [-0.4, -0.2) is 29.8 Å². The molecule has 1 aliphatic rings. The Morgan fingerprint density at radius 3 is 2.96 bits per heavy atom. The molecule has 0 atom stereocenters. The van der Waals surface area contributed by atoms with Crippen LogP contribution in [0, 0.1) is 6.92 Å². The van der Waals surface area contributed by atoms with Gasteiger partial charge in [-0.2, -0.15) is 4.98 Å². The molecule has 0 saturated heterocycles. The summed E-state index contributed by atoms with van der Waals surface area (Å²) in [6, 6.07) is 5.23. The van der Waals surface area contributed by atoms with Crippen molar-refractivity contribution in [2.75, 3.05) is 19.0 Å². The summed E-state index contributed by atoms with van der Waals surface area (Å²) in [5.74, 6) is 2.56. The molecule has 0 bridgehead atoms. The molecule has 2 aromatic rings. The molecular weight excluding hydrogens is 296 g/mol. The molecule has 7 nitrogen and oxygen atoms in total. The summed E-state index contributed by atoms with van der Waals surface area (Å²) in [7, 11) is 1.61. The van der Waals surface area contributed by atoms with E-state index in [4.69, 9.17) is 9.26 Å². The van der Waals surface area contributed by atoms with Crippen LogP contribution in [0.15, 0.2) is 22.7 Å². The van der Waals surface area contributed by atoms with Crippen molar-refractivity contribution < 1.29 is 14.1 Å². The van der Waals surface area contributed by atoms with Gasteiger partial charge in [0.15, 0.2) is 5.82 Å². The van der Waals surface area contributed by atoms with Gasteiger partial charge in [-0.3, -0.25) is 0 Å². The number of nitrogens with zero attached hydrogens (tertiary/aromatic N) is 2. The molecule has 1 heterocycles. The number of hydrogen-bond acceptors (Lipinski definition) is 5. The van der Waals surface area contributed by atoms with E-state index in [2.05, 4.69) is 20.8 Å². The highest BCUT2D eigenvalue weighted by Gasteiger charge is 2.29. The maximum absolute atomic E-state index is 11.9. The minimum atomic E-state index is -0.260. The first-order valence-electron chi connectivity index (χ1n) is 7.67. The molecule has 1 aromatic heterocycles. The van der Waals surface area contributed by atoms with Crippen molar-refractivity contribution in [3.8, 4) is 5.75 Å². The lowest BCUT2D eigenvalue weighted by atomic mass is 10.2. The fourth-order valence-corrected chi connectivity index (χ4v) is 2.22. The number of carbonyl (C=O) groups is 1. The number of hydrogen-bond donors (Lipinski definition) is 2. The summed E-state index contributed by atoms with van der Waals surface area (Å²) >= 11 is 0. The van der Waals surface area contributed by atoms with E-state index in [1.807, 2.05) is 19.1 Å². The van der Waals surface area contributed by atoms with Crippen LogP contribution in [0.4, 0.5) is 10.5 Å². The third-order valence-corrected chi connectivity index (χ3v) is 3.73. The minimum absolute atomic E-state index is 0.260. The molecule has 7 heteroatoms. The van der Waals surface area contributed by atoms with Crippen LogP contribution in [0.1, 0.15) is 36.0 Å². The number of methoxy groups -OCH3 is 1. The van der Waals surface area contributed by atoms with E-state index in [1.54, 1.807) is 13.2 Å². The lowest BCUT2D eigenvalue weighted by Crippen LogP contribution is -2.30. The van der Waals surface area contributed by atoms with Gasteiger partial charge < -0.3 is 19.9 Å². The van der Waals surface area contributed by atoms with Gasteiger partial charge >= 0.3 is 6.03 Å². The molecule has 0 spiro atoms. The van der Waals surface area contributed by atoms with Crippen molar-refractivity contribution in [2.45, 2.75) is 32.1 Å². The second kappa shape index (κ2) is 6.68. The van der Waals surface area contributed by atoms with Gasteiger partial charge in [0, 0.05) is 24.6 Å². The lowest BCUT2D eigenvalue weighted by Gasteiger charge is -2.10. The van der Waals surface area contributed by atoms with E-state index < -0.39 is 0 Å². The lowest BCUT2D eigenvalue weighted by molar-refractivity contribution is 0.252. The Bertz CT molecular complexity index is 694. The van der Waals surface area contributed by atoms with Crippen LogP contribution < -0.4 is 15.4 Å². The molecule has 2 amide bonds. The van der Waals surface area contributed by atoms with E-state index in [0.29, 0.717) is 24.7 Å². The summed E-state index contributed by atoms with van der Waals surface area (Å²) in [5, 5.41) is 9.52. The summed E-state index contributed by atoms with van der Waals surface area (Å²) in [6.45, 7) is 2.36. The van der Waals surface area contributed by atoms with Gasteiger partial charge in [-0.1, -0.05) is 5.16 Å². The molecule has 1 fully saturated rings. The maximum atomic E-state index is 11.9. The molecule has 3 rings (SSSR count). The number of amides is 2. The van der Waals surface area contributed by atoms with Crippen molar-refractivity contribution in [3.05, 3.63) is 35.5 Å². The van der Waals surface area contributed by atoms with Gasteiger partial charge in [-0.15, -0.1) is 0 Å². The highest BCUT2D eigenvalue weighted by atomic mass is 16.5. The van der Waals surface area contributed by atoms with Crippen molar-refractivity contribution >= 4 is 11.7 Å². The Balaban J connectivity index is 1.45. The number of aryl methyl sites for hydroxylation is 1. The summed E-state index contributed by atoms with van der Waals surface area (Å²) < 4.78 is 10.3. The summed E-state index contributed by atoms with van der Waals surface area (Å²) in [5.41, 5.74) is 1.69. The Hall–Kier alpha value is -2.57. The number of urea groups is 1. The van der Waals surface area contributed by atoms with Gasteiger partial charge in [0.2, 0.25) is 5.89 Å². The van der Waals surface area contributed by atoms with E-state index in [9.17, 15) is 4.79 Å². The summed E-state index contributed by atoms with van der Waals surface area (Å²) in [4.78, 5) is 16.2. The number of rotatable bonds is 6. The first kappa shape index (κ1) is 15.3. The Labute approximate surface area is 134 Å². The van der Waals surface area contributed by atoms with Crippen LogP contribution >= 0.6 is 0 Å². The van der Waals surface area contributed by atoms with E-state index in [-0.39, 0.29) is 6.03 Å². The minimum Gasteiger partial charge on any atom is -0.497 e. The smallest absolute Gasteiger partial charge is 0.319 e. The van der Waals surface area contributed by atoms with E-state index >= 15 is 0 Å². The third kappa shape index (κ3) is 4.00. The van der Waals surface area contributed by atoms with Gasteiger partial charge in [-0.25, -0.2) is 4.79 Å². The number of nitrogens with one attached hydrogen (secondary N) is 2. The number of ether oxygens (including phenoxy) is 1. The molecule has 0 radical (unpaired) electrons. The Morgan fingerprint density at radius 1 is 1.43 bits per heavy atom. The van der Waals surface area contributed by atoms with Crippen LogP contribution in [0.5, 0.6) is 5.75 Å². The topological polar surface area (TPSA) is 89.3 Å². The van der Waals surface area contributed by atoms with Crippen molar-refractivity contribution in [2.24, 2.45) is 0 Å². The molecule has 1 saturated carbocycles. The number of aromatic nitrogens is 2. The quantitative estimate of drug-likeness (QED) is 0.855. The molecule has 0 aliphatic heterocycles. The fraction of sp³-hybridized carbons (Fsp3) is 0.438. The highest BCUT2D eigenvalue weighted by molar-refractivity contribution is 5.90. The zero-order valence-electron chi connectivity index (χ0n) is 13.3. The second-order valence-electron chi connectivity index (χ2n) is 5.63. The average molecular weight is 316 g/mol. The van der Waals surface area contributed by atoms with E-state index in [1.165, 1.54) is 0 Å². The fourth-order valence-electron chi connectivity index (χ4n) is 2.22. The van der Waals surface area contributed by atoms with Crippen molar-refractivity contribution in [1.29, 1.82) is 0 Å². The van der Waals surface area contributed by atoms with Gasteiger partial charge in [0.1, 0.15) is 5.75 Å². The standard InChI is InChI=1S/C16H20N4O3/c1-10-9-12(22-2)5-6-13(10)18-16(21)17-8-7-14-19-15(23-20-14)11-3-4-11/h5-6,9,11H,3-4,7-8H2,1-2H3,(H2,17,18,21). The van der Waals surface area contributed by atoms with Crippen molar-refractivity contribution in [3.63, 3.8) is 0 Å². The Morgan fingerprint density at radius 2 is 2.26 bits per heavy atom. The number of anilines is 1. The first-order chi connectivity index (χ1) is 11.2. The molecule has 0 unspecified atom stereocenters. The van der Waals surface area contributed by atoms with Crippen LogP contribution in [0.3, 0.4) is 0 Å². The molecule has 122 valence electrons. The number of carbonyl (C=O) groups excluding carboxylic acids is 1. The van der Waals surface area contributed by atoms with Crippen LogP contribution in [0.25, 0.3) is 0 Å². The predicted molar refractivity (Wildman–Crippen MR) is 84.7 cm³/mol. The molecule has 2 N–H and O–H groups in total. The summed E-state index contributed by atoms with van der Waals surface area (Å²) in [6.07, 6.45) is 2.80. The second-order valence-corrected chi connectivity index (χ2v) is 5.63. The Kier molecular flexibility index (Phi) is 4.45. The van der Waals surface area contributed by atoms with E-state index in [0.717, 1.165) is 35.7 Å².